The Morgan fingerprint density at radius 1 is 0.579 bits per heavy atom. The smallest absolute Gasteiger partial charge is 0.207 e. The fourth-order valence-electron chi connectivity index (χ4n) is 4.38. The highest BCUT2D eigenvalue weighted by Crippen LogP contribution is 2.48. The Morgan fingerprint density at radius 2 is 0.947 bits per heavy atom. The number of hydrogen-bond acceptors (Lipinski definition) is 4. The summed E-state index contributed by atoms with van der Waals surface area (Å²) in [6.45, 7) is 14.9. The van der Waals surface area contributed by atoms with Crippen LogP contribution in [0, 0.1) is 6.92 Å². The topological polar surface area (TPSA) is 58.9 Å². The van der Waals surface area contributed by atoms with E-state index in [9.17, 15) is 10.2 Å². The Hall–Kier alpha value is -2.88. The van der Waals surface area contributed by atoms with Crippen LogP contribution in [0.15, 0.2) is 58.2 Å². The van der Waals surface area contributed by atoms with Crippen molar-refractivity contribution < 1.29 is 19.7 Å². The van der Waals surface area contributed by atoms with Gasteiger partial charge in [0.05, 0.1) is 14.2 Å². The number of ether oxygens (including phenoxy) is 2. The number of phenolic OH excluding ortho intramolecular Hbond substituents is 2. The van der Waals surface area contributed by atoms with E-state index in [1.807, 2.05) is 0 Å². The molecule has 0 saturated carbocycles. The number of methoxy groups -OCH3 is 2. The summed E-state index contributed by atoms with van der Waals surface area (Å²) in [5.41, 5.74) is 8.31. The van der Waals surface area contributed by atoms with Gasteiger partial charge < -0.3 is 19.7 Å². The largest absolute Gasteiger partial charge is 0.504 e. The van der Waals surface area contributed by atoms with Crippen molar-refractivity contribution in [2.75, 3.05) is 14.2 Å². The summed E-state index contributed by atoms with van der Waals surface area (Å²) in [4.78, 5) is 0. The second kappa shape index (κ2) is 17.6. The second-order valence-corrected chi connectivity index (χ2v) is 10.7. The van der Waals surface area contributed by atoms with E-state index in [4.69, 9.17) is 9.47 Å². The van der Waals surface area contributed by atoms with Crippen LogP contribution >= 0.6 is 0 Å². The predicted molar refractivity (Wildman–Crippen MR) is 163 cm³/mol. The van der Waals surface area contributed by atoms with Crippen molar-refractivity contribution in [3.8, 4) is 23.0 Å². The zero-order chi connectivity index (χ0) is 28.7. The molecule has 1 aromatic carbocycles. The molecule has 0 aromatic heterocycles. The van der Waals surface area contributed by atoms with Crippen LogP contribution in [0.3, 0.4) is 0 Å². The highest BCUT2D eigenvalue weighted by molar-refractivity contribution is 5.66. The number of benzene rings is 1. The quantitative estimate of drug-likeness (QED) is 0.167. The van der Waals surface area contributed by atoms with Gasteiger partial charge in [-0.3, -0.25) is 0 Å². The third-order valence-electron chi connectivity index (χ3n) is 6.98. The van der Waals surface area contributed by atoms with Gasteiger partial charge in [-0.15, -0.1) is 0 Å². The van der Waals surface area contributed by atoms with Crippen molar-refractivity contribution in [1.29, 1.82) is 0 Å². The van der Waals surface area contributed by atoms with Crippen LogP contribution in [0.5, 0.6) is 23.0 Å². The summed E-state index contributed by atoms with van der Waals surface area (Å²) in [6.07, 6.45) is 20.8. The van der Waals surface area contributed by atoms with E-state index in [1.54, 1.807) is 6.92 Å². The molecule has 4 nitrogen and oxygen atoms in total. The summed E-state index contributed by atoms with van der Waals surface area (Å²) in [7, 11) is 2.90. The minimum absolute atomic E-state index is 0.00718. The Balaban J connectivity index is 2.51. The van der Waals surface area contributed by atoms with Gasteiger partial charge in [-0.1, -0.05) is 58.2 Å². The van der Waals surface area contributed by atoms with Gasteiger partial charge in [0.25, 0.3) is 0 Å². The van der Waals surface area contributed by atoms with Crippen molar-refractivity contribution in [2.45, 2.75) is 106 Å². The molecule has 0 unspecified atom stereocenters. The van der Waals surface area contributed by atoms with Crippen LogP contribution in [0.25, 0.3) is 0 Å². The minimum Gasteiger partial charge on any atom is -0.504 e. The molecule has 38 heavy (non-hydrogen) atoms. The van der Waals surface area contributed by atoms with E-state index in [-0.39, 0.29) is 23.0 Å². The molecule has 1 aromatic rings. The maximum absolute atomic E-state index is 10.6. The van der Waals surface area contributed by atoms with Crippen LogP contribution in [0.4, 0.5) is 0 Å². The van der Waals surface area contributed by atoms with E-state index in [2.05, 4.69) is 71.9 Å². The van der Waals surface area contributed by atoms with Crippen molar-refractivity contribution in [1.82, 2.24) is 0 Å². The zero-order valence-electron chi connectivity index (χ0n) is 25.5. The fourth-order valence-corrected chi connectivity index (χ4v) is 4.38. The molecule has 0 amide bonds. The van der Waals surface area contributed by atoms with Gasteiger partial charge in [-0.2, -0.15) is 0 Å². The SMILES string of the molecule is COc1c(O)c(C)c(C/C=C(\C)CC/C=C(\C)CC/C=C(\C)CC/C=C(/C)CCC=C(C)C)c(O)c1OC. The molecule has 2 N–H and O–H groups in total. The molecule has 0 spiro atoms. The molecule has 0 bridgehead atoms. The number of aromatic hydroxyl groups is 2. The molecule has 0 aliphatic heterocycles. The van der Waals surface area contributed by atoms with Crippen molar-refractivity contribution in [2.24, 2.45) is 0 Å². The van der Waals surface area contributed by atoms with Crippen LogP contribution in [0.1, 0.15) is 104 Å². The molecule has 0 radical (unpaired) electrons. The van der Waals surface area contributed by atoms with Crippen molar-refractivity contribution in [3.05, 3.63) is 69.4 Å². The molecule has 0 aliphatic rings. The van der Waals surface area contributed by atoms with Crippen LogP contribution < -0.4 is 9.47 Å². The first-order valence-electron chi connectivity index (χ1n) is 13.9. The number of phenols is 2. The normalized spacial score (nSPS) is 13.1. The molecular weight excluding hydrogens is 472 g/mol. The highest BCUT2D eigenvalue weighted by Gasteiger charge is 2.22. The molecule has 0 atom stereocenters. The molecule has 212 valence electrons. The van der Waals surface area contributed by atoms with Gasteiger partial charge in [0.1, 0.15) is 0 Å². The number of rotatable bonds is 16. The maximum atomic E-state index is 10.6. The predicted octanol–water partition coefficient (Wildman–Crippen LogP) is 9.84. The zero-order valence-corrected chi connectivity index (χ0v) is 25.5. The molecule has 0 fully saturated rings. The Morgan fingerprint density at radius 3 is 1.34 bits per heavy atom. The Kier molecular flexibility index (Phi) is 15.3. The first-order valence-corrected chi connectivity index (χ1v) is 13.9. The maximum Gasteiger partial charge on any atom is 0.207 e. The van der Waals surface area contributed by atoms with E-state index in [0.717, 1.165) is 51.4 Å². The van der Waals surface area contributed by atoms with Gasteiger partial charge >= 0.3 is 0 Å². The molecule has 4 heteroatoms. The summed E-state index contributed by atoms with van der Waals surface area (Å²) in [6, 6.07) is 0. The lowest BCUT2D eigenvalue weighted by Gasteiger charge is -2.17. The van der Waals surface area contributed by atoms with E-state index < -0.39 is 0 Å². The Bertz CT molecular complexity index is 1050. The molecule has 0 heterocycles. The molecule has 0 saturated heterocycles. The Labute approximate surface area is 232 Å². The molecular formula is C34H52O4. The lowest BCUT2D eigenvalue weighted by Crippen LogP contribution is -1.98. The number of hydrogen-bond donors (Lipinski definition) is 2. The van der Waals surface area contributed by atoms with Crippen LogP contribution in [-0.2, 0) is 6.42 Å². The number of allylic oxidation sites excluding steroid dienone is 10. The minimum atomic E-state index is 0.00718. The van der Waals surface area contributed by atoms with Crippen molar-refractivity contribution >= 4 is 0 Å². The van der Waals surface area contributed by atoms with E-state index in [1.165, 1.54) is 42.1 Å². The summed E-state index contributed by atoms with van der Waals surface area (Å²) in [5, 5.41) is 21.1. The first kappa shape index (κ1) is 33.1. The van der Waals surface area contributed by atoms with E-state index >= 15 is 0 Å². The van der Waals surface area contributed by atoms with E-state index in [0.29, 0.717) is 17.5 Å². The lowest BCUT2D eigenvalue weighted by molar-refractivity contribution is 0.314. The van der Waals surface area contributed by atoms with Gasteiger partial charge in [-0.05, 0) is 106 Å². The highest BCUT2D eigenvalue weighted by atomic mass is 16.5. The summed E-state index contributed by atoms with van der Waals surface area (Å²) < 4.78 is 10.5. The van der Waals surface area contributed by atoms with Crippen molar-refractivity contribution in [3.63, 3.8) is 0 Å². The van der Waals surface area contributed by atoms with Gasteiger partial charge in [0.2, 0.25) is 11.5 Å². The first-order chi connectivity index (χ1) is 18.0. The average molecular weight is 525 g/mol. The average Bonchev–Trinajstić information content (AvgIpc) is 2.85. The van der Waals surface area contributed by atoms with Gasteiger partial charge in [-0.25, -0.2) is 0 Å². The second-order valence-electron chi connectivity index (χ2n) is 10.7. The lowest BCUT2D eigenvalue weighted by atomic mass is 9.99. The monoisotopic (exact) mass is 524 g/mol. The molecule has 0 aliphatic carbocycles. The standard InChI is InChI=1S/C34H52O4/c1-24(2)14-10-15-25(3)16-11-17-26(4)18-12-19-27(5)20-13-21-28(6)22-23-30-29(7)31(35)33(37-8)34(38-9)32(30)36/h14,16,18,20,22,35-36H,10-13,15,17,19,21,23H2,1-9H3/b25-16-,26-18+,27-20+,28-22+. The van der Waals surface area contributed by atoms with Gasteiger partial charge in [0, 0.05) is 11.1 Å². The van der Waals surface area contributed by atoms with Gasteiger partial charge in [0.15, 0.2) is 11.5 Å². The fraction of sp³-hybridized carbons (Fsp3) is 0.529. The van der Waals surface area contributed by atoms with Crippen LogP contribution in [0.2, 0.25) is 0 Å². The molecule has 1 rings (SSSR count). The summed E-state index contributed by atoms with van der Waals surface area (Å²) in [5.74, 6) is 0.359. The third kappa shape index (κ3) is 11.7. The van der Waals surface area contributed by atoms with Crippen LogP contribution in [-0.4, -0.2) is 24.4 Å². The summed E-state index contributed by atoms with van der Waals surface area (Å²) >= 11 is 0. The third-order valence-corrected chi connectivity index (χ3v) is 6.98.